The Kier molecular flexibility index (Phi) is 2.15. The third kappa shape index (κ3) is 1.35. The SMILES string of the molecule is NC(c1cccc2ncccc12)C1C2C3CCC(C3)C21. The maximum Gasteiger partial charge on any atom is 0.0705 e. The summed E-state index contributed by atoms with van der Waals surface area (Å²) >= 11 is 0. The maximum absolute atomic E-state index is 6.68. The molecule has 102 valence electrons. The molecular weight excluding hydrogens is 244 g/mol. The molecule has 2 N–H and O–H groups in total. The van der Waals surface area contributed by atoms with Gasteiger partial charge in [-0.05, 0) is 66.5 Å². The van der Waals surface area contributed by atoms with Crippen molar-refractivity contribution in [2.24, 2.45) is 35.3 Å². The van der Waals surface area contributed by atoms with E-state index in [0.717, 1.165) is 35.1 Å². The van der Waals surface area contributed by atoms with Crippen molar-refractivity contribution in [1.29, 1.82) is 0 Å². The summed E-state index contributed by atoms with van der Waals surface area (Å²) < 4.78 is 0. The lowest BCUT2D eigenvalue weighted by atomic mass is 9.91. The zero-order valence-corrected chi connectivity index (χ0v) is 11.6. The molecule has 0 saturated heterocycles. The number of benzene rings is 1. The van der Waals surface area contributed by atoms with Crippen LogP contribution in [0.2, 0.25) is 0 Å². The molecule has 0 radical (unpaired) electrons. The molecule has 3 aliphatic carbocycles. The first-order valence-electron chi connectivity index (χ1n) is 7.94. The van der Waals surface area contributed by atoms with Crippen molar-refractivity contribution in [3.63, 3.8) is 0 Å². The molecule has 2 heteroatoms. The monoisotopic (exact) mass is 264 g/mol. The number of aromatic nitrogens is 1. The van der Waals surface area contributed by atoms with Crippen LogP contribution in [0.4, 0.5) is 0 Å². The molecule has 5 rings (SSSR count). The third-order valence-corrected chi connectivity index (χ3v) is 6.25. The molecule has 0 amide bonds. The van der Waals surface area contributed by atoms with Gasteiger partial charge in [0.1, 0.15) is 0 Å². The fourth-order valence-electron chi connectivity index (χ4n) is 5.50. The van der Waals surface area contributed by atoms with Crippen LogP contribution in [0.1, 0.15) is 30.9 Å². The second-order valence-electron chi connectivity index (χ2n) is 7.01. The molecule has 3 fully saturated rings. The fourth-order valence-corrected chi connectivity index (χ4v) is 5.50. The summed E-state index contributed by atoms with van der Waals surface area (Å²) in [6.07, 6.45) is 6.29. The van der Waals surface area contributed by atoms with E-state index < -0.39 is 0 Å². The van der Waals surface area contributed by atoms with E-state index in [1.807, 2.05) is 12.3 Å². The third-order valence-electron chi connectivity index (χ3n) is 6.25. The smallest absolute Gasteiger partial charge is 0.0705 e. The van der Waals surface area contributed by atoms with Gasteiger partial charge < -0.3 is 5.73 Å². The fraction of sp³-hybridized carbons (Fsp3) is 0.500. The number of nitrogens with zero attached hydrogens (tertiary/aromatic N) is 1. The minimum atomic E-state index is 0.210. The highest BCUT2D eigenvalue weighted by molar-refractivity contribution is 5.82. The van der Waals surface area contributed by atoms with E-state index in [9.17, 15) is 0 Å². The predicted molar refractivity (Wildman–Crippen MR) is 80.0 cm³/mol. The summed E-state index contributed by atoms with van der Waals surface area (Å²) in [7, 11) is 0. The highest BCUT2D eigenvalue weighted by Crippen LogP contribution is 2.71. The topological polar surface area (TPSA) is 38.9 Å². The van der Waals surface area contributed by atoms with Crippen LogP contribution in [0.15, 0.2) is 36.5 Å². The zero-order valence-electron chi connectivity index (χ0n) is 11.6. The minimum absolute atomic E-state index is 0.210. The largest absolute Gasteiger partial charge is 0.324 e. The first-order valence-corrected chi connectivity index (χ1v) is 7.94. The van der Waals surface area contributed by atoms with E-state index >= 15 is 0 Å². The number of rotatable bonds is 2. The molecule has 5 atom stereocenters. The van der Waals surface area contributed by atoms with Crippen molar-refractivity contribution in [2.45, 2.75) is 25.3 Å². The molecule has 0 spiro atoms. The van der Waals surface area contributed by atoms with Gasteiger partial charge >= 0.3 is 0 Å². The van der Waals surface area contributed by atoms with Gasteiger partial charge in [-0.3, -0.25) is 4.98 Å². The van der Waals surface area contributed by atoms with Crippen molar-refractivity contribution in [2.75, 3.05) is 0 Å². The average Bonchev–Trinajstić information content (AvgIpc) is 2.93. The first-order chi connectivity index (χ1) is 9.84. The van der Waals surface area contributed by atoms with Gasteiger partial charge in [0.25, 0.3) is 0 Å². The Labute approximate surface area is 119 Å². The van der Waals surface area contributed by atoms with Crippen LogP contribution in [0, 0.1) is 29.6 Å². The Morgan fingerprint density at radius 1 is 1.05 bits per heavy atom. The number of hydrogen-bond acceptors (Lipinski definition) is 2. The van der Waals surface area contributed by atoms with Crippen molar-refractivity contribution in [3.05, 3.63) is 42.1 Å². The van der Waals surface area contributed by atoms with Crippen LogP contribution in [-0.2, 0) is 0 Å². The number of fused-ring (bicyclic) bond motifs is 6. The Morgan fingerprint density at radius 3 is 2.65 bits per heavy atom. The van der Waals surface area contributed by atoms with Gasteiger partial charge in [0.2, 0.25) is 0 Å². The molecule has 2 nitrogen and oxygen atoms in total. The second-order valence-corrected chi connectivity index (χ2v) is 7.01. The normalized spacial score (nSPS) is 39.0. The molecule has 0 aliphatic heterocycles. The lowest BCUT2D eigenvalue weighted by Gasteiger charge is -2.18. The maximum atomic E-state index is 6.68. The predicted octanol–water partition coefficient (Wildman–Crippen LogP) is 3.53. The Hall–Kier alpha value is -1.41. The van der Waals surface area contributed by atoms with Crippen LogP contribution in [0.25, 0.3) is 10.9 Å². The van der Waals surface area contributed by atoms with Gasteiger partial charge in [-0.15, -0.1) is 0 Å². The molecule has 1 aromatic carbocycles. The van der Waals surface area contributed by atoms with Gasteiger partial charge in [-0.25, -0.2) is 0 Å². The molecule has 3 aliphatic rings. The number of hydrogen-bond donors (Lipinski definition) is 1. The highest BCUT2D eigenvalue weighted by Gasteiger charge is 2.66. The zero-order chi connectivity index (χ0) is 13.3. The van der Waals surface area contributed by atoms with E-state index in [-0.39, 0.29) is 6.04 Å². The molecule has 20 heavy (non-hydrogen) atoms. The summed E-state index contributed by atoms with van der Waals surface area (Å²) in [6.45, 7) is 0. The van der Waals surface area contributed by atoms with E-state index in [1.54, 1.807) is 0 Å². The summed E-state index contributed by atoms with van der Waals surface area (Å²) in [4.78, 5) is 4.46. The summed E-state index contributed by atoms with van der Waals surface area (Å²) in [5.74, 6) is 4.61. The lowest BCUT2D eigenvalue weighted by molar-refractivity contribution is 0.419. The molecular formula is C18H20N2. The molecule has 5 unspecified atom stereocenters. The number of nitrogens with two attached hydrogens (primary N) is 1. The van der Waals surface area contributed by atoms with Crippen LogP contribution < -0.4 is 5.73 Å². The van der Waals surface area contributed by atoms with Crippen LogP contribution in [0.5, 0.6) is 0 Å². The van der Waals surface area contributed by atoms with Crippen molar-refractivity contribution in [1.82, 2.24) is 4.98 Å². The molecule has 3 saturated carbocycles. The summed E-state index contributed by atoms with van der Waals surface area (Å²) in [5, 5.41) is 1.25. The number of pyridine rings is 1. The van der Waals surface area contributed by atoms with E-state index in [0.29, 0.717) is 0 Å². The van der Waals surface area contributed by atoms with Gasteiger partial charge in [0.05, 0.1) is 5.52 Å². The molecule has 2 aromatic rings. The second kappa shape index (κ2) is 3.82. The van der Waals surface area contributed by atoms with Crippen LogP contribution >= 0.6 is 0 Å². The molecule has 1 heterocycles. The summed E-state index contributed by atoms with van der Waals surface area (Å²) in [5.41, 5.74) is 9.07. The molecule has 2 bridgehead atoms. The van der Waals surface area contributed by atoms with Crippen molar-refractivity contribution >= 4 is 10.9 Å². The Bertz CT molecular complexity index is 659. The van der Waals surface area contributed by atoms with Gasteiger partial charge in [0.15, 0.2) is 0 Å². The quantitative estimate of drug-likeness (QED) is 0.901. The minimum Gasteiger partial charge on any atom is -0.324 e. The first kappa shape index (κ1) is 11.3. The van der Waals surface area contributed by atoms with E-state index in [2.05, 4.69) is 29.2 Å². The van der Waals surface area contributed by atoms with Gasteiger partial charge in [-0.1, -0.05) is 18.2 Å². The average molecular weight is 264 g/mol. The highest BCUT2D eigenvalue weighted by atomic mass is 14.8. The summed E-state index contributed by atoms with van der Waals surface area (Å²) in [6, 6.07) is 10.8. The van der Waals surface area contributed by atoms with E-state index in [4.69, 9.17) is 5.73 Å². The van der Waals surface area contributed by atoms with Gasteiger partial charge in [-0.2, -0.15) is 0 Å². The van der Waals surface area contributed by atoms with Gasteiger partial charge in [0, 0.05) is 17.6 Å². The van der Waals surface area contributed by atoms with Crippen LogP contribution in [0.3, 0.4) is 0 Å². The van der Waals surface area contributed by atoms with E-state index in [1.165, 1.54) is 30.2 Å². The standard InChI is InChI=1S/C18H20N2/c19-18(17-15-10-6-7-11(9-10)16(15)17)13-3-1-5-14-12(13)4-2-8-20-14/h1-5,8,10-11,15-18H,6-7,9,19H2. The van der Waals surface area contributed by atoms with Crippen LogP contribution in [-0.4, -0.2) is 4.98 Å². The lowest BCUT2D eigenvalue weighted by Crippen LogP contribution is -2.17. The molecule has 1 aromatic heterocycles. The van der Waals surface area contributed by atoms with Crippen molar-refractivity contribution in [3.8, 4) is 0 Å². The van der Waals surface area contributed by atoms with Crippen molar-refractivity contribution < 1.29 is 0 Å². The Balaban J connectivity index is 1.53. The Morgan fingerprint density at radius 2 is 1.85 bits per heavy atom.